The summed E-state index contributed by atoms with van der Waals surface area (Å²) in [7, 11) is 1.62. The molecular formula is C37H38N4O4. The number of hydrogen-bond donors (Lipinski definition) is 1. The molecule has 230 valence electrons. The maximum atomic E-state index is 14.5. The van der Waals surface area contributed by atoms with Gasteiger partial charge in [0, 0.05) is 24.9 Å². The molecule has 2 aromatic heterocycles. The van der Waals surface area contributed by atoms with Crippen LogP contribution in [-0.2, 0) is 27.8 Å². The number of aromatic amines is 1. The Balaban J connectivity index is 1.51. The van der Waals surface area contributed by atoms with Crippen molar-refractivity contribution in [3.63, 3.8) is 0 Å². The van der Waals surface area contributed by atoms with Crippen LogP contribution in [0.3, 0.4) is 0 Å². The first kappa shape index (κ1) is 30.1. The number of rotatable bonds is 8. The quantitative estimate of drug-likeness (QED) is 0.206. The summed E-state index contributed by atoms with van der Waals surface area (Å²) in [6.45, 7) is 5.64. The first-order valence-electron chi connectivity index (χ1n) is 15.3. The molecule has 8 heteroatoms. The third-order valence-electron chi connectivity index (χ3n) is 8.46. The lowest BCUT2D eigenvalue weighted by Gasteiger charge is -2.29. The standard InChI is InChI=1S/C37H38N4O4/c1-36(2,3)45-35(43)41-22-19-37(34(41)42,24-26-17-20-38-21-18-26)29-15-16-30(44-4)32-31(29)39-33(40-32)28(27-13-9-6-10-14-27)23-25-11-7-5-8-12-25/h5-18,20-21,28H,19,22-24H2,1-4H3,(H,39,40). The van der Waals surface area contributed by atoms with Gasteiger partial charge < -0.3 is 14.5 Å². The van der Waals surface area contributed by atoms with Gasteiger partial charge in [-0.15, -0.1) is 0 Å². The molecule has 8 nitrogen and oxygen atoms in total. The van der Waals surface area contributed by atoms with Crippen LogP contribution in [0.2, 0.25) is 0 Å². The third kappa shape index (κ3) is 6.05. The Morgan fingerprint density at radius 1 is 0.956 bits per heavy atom. The Hall–Kier alpha value is -4.98. The van der Waals surface area contributed by atoms with Crippen LogP contribution in [0.15, 0.2) is 97.3 Å². The molecule has 5 aromatic rings. The van der Waals surface area contributed by atoms with Crippen LogP contribution >= 0.6 is 0 Å². The number of ether oxygens (including phenoxy) is 2. The summed E-state index contributed by atoms with van der Waals surface area (Å²) in [5, 5.41) is 0. The molecule has 1 N–H and O–H groups in total. The molecule has 6 rings (SSSR count). The lowest BCUT2D eigenvalue weighted by molar-refractivity contribution is -0.131. The molecule has 2 atom stereocenters. The number of aromatic nitrogens is 3. The fourth-order valence-corrected chi connectivity index (χ4v) is 6.34. The fraction of sp³-hybridized carbons (Fsp3) is 0.297. The number of imide groups is 1. The zero-order chi connectivity index (χ0) is 31.6. The minimum Gasteiger partial charge on any atom is -0.494 e. The van der Waals surface area contributed by atoms with Crippen molar-refractivity contribution in [1.82, 2.24) is 19.9 Å². The van der Waals surface area contributed by atoms with E-state index in [2.05, 4.69) is 34.2 Å². The molecule has 1 aliphatic heterocycles. The van der Waals surface area contributed by atoms with Gasteiger partial charge in [0.15, 0.2) is 0 Å². The van der Waals surface area contributed by atoms with Crippen LogP contribution in [0.25, 0.3) is 11.0 Å². The van der Waals surface area contributed by atoms with E-state index in [4.69, 9.17) is 14.5 Å². The van der Waals surface area contributed by atoms with E-state index in [1.807, 2.05) is 60.7 Å². The minimum atomic E-state index is -1.05. The Morgan fingerprint density at radius 2 is 1.64 bits per heavy atom. The number of nitrogens with one attached hydrogen (secondary N) is 1. The number of nitrogens with zero attached hydrogens (tertiary/aromatic N) is 3. The smallest absolute Gasteiger partial charge is 0.417 e. The van der Waals surface area contributed by atoms with Crippen molar-refractivity contribution in [2.75, 3.05) is 13.7 Å². The Bertz CT molecular complexity index is 1800. The monoisotopic (exact) mass is 602 g/mol. The number of imidazole rings is 1. The van der Waals surface area contributed by atoms with Crippen LogP contribution in [0.4, 0.5) is 4.79 Å². The number of amides is 2. The zero-order valence-corrected chi connectivity index (χ0v) is 26.1. The maximum Gasteiger partial charge on any atom is 0.417 e. The first-order valence-corrected chi connectivity index (χ1v) is 15.3. The molecule has 1 fully saturated rings. The number of pyridine rings is 1. The number of hydrogen-bond acceptors (Lipinski definition) is 6. The predicted molar refractivity (Wildman–Crippen MR) is 173 cm³/mol. The van der Waals surface area contributed by atoms with Gasteiger partial charge in [-0.25, -0.2) is 14.7 Å². The lowest BCUT2D eigenvalue weighted by Crippen LogP contribution is -2.44. The van der Waals surface area contributed by atoms with E-state index in [9.17, 15) is 9.59 Å². The van der Waals surface area contributed by atoms with E-state index < -0.39 is 17.1 Å². The molecular weight excluding hydrogens is 564 g/mol. The van der Waals surface area contributed by atoms with Gasteiger partial charge in [0.1, 0.15) is 22.7 Å². The number of carbonyl (C=O) groups is 2. The van der Waals surface area contributed by atoms with Gasteiger partial charge in [-0.05, 0) is 80.5 Å². The maximum absolute atomic E-state index is 14.5. The predicted octanol–water partition coefficient (Wildman–Crippen LogP) is 6.99. The molecule has 3 heterocycles. The molecule has 45 heavy (non-hydrogen) atoms. The largest absolute Gasteiger partial charge is 0.494 e. The molecule has 1 saturated heterocycles. The van der Waals surface area contributed by atoms with E-state index >= 15 is 0 Å². The topological polar surface area (TPSA) is 97.4 Å². The van der Waals surface area contributed by atoms with Gasteiger partial charge >= 0.3 is 6.09 Å². The van der Waals surface area contributed by atoms with Crippen LogP contribution in [0.5, 0.6) is 5.75 Å². The van der Waals surface area contributed by atoms with Crippen LogP contribution in [0.1, 0.15) is 61.2 Å². The van der Waals surface area contributed by atoms with Crippen LogP contribution < -0.4 is 4.74 Å². The van der Waals surface area contributed by atoms with Gasteiger partial charge in [0.25, 0.3) is 0 Å². The van der Waals surface area contributed by atoms with Crippen molar-refractivity contribution in [2.24, 2.45) is 0 Å². The second-order valence-corrected chi connectivity index (χ2v) is 12.6. The van der Waals surface area contributed by atoms with E-state index in [-0.39, 0.29) is 18.4 Å². The Labute approximate surface area is 263 Å². The highest BCUT2D eigenvalue weighted by Gasteiger charge is 2.52. The Morgan fingerprint density at radius 3 is 2.31 bits per heavy atom. The molecule has 0 aliphatic carbocycles. The second kappa shape index (κ2) is 12.2. The molecule has 0 bridgehead atoms. The van der Waals surface area contributed by atoms with Crippen molar-refractivity contribution in [1.29, 1.82) is 0 Å². The van der Waals surface area contributed by atoms with E-state index in [1.54, 1.807) is 40.3 Å². The summed E-state index contributed by atoms with van der Waals surface area (Å²) >= 11 is 0. The summed E-state index contributed by atoms with van der Waals surface area (Å²) in [6, 6.07) is 28.3. The molecule has 3 aromatic carbocycles. The second-order valence-electron chi connectivity index (χ2n) is 12.6. The summed E-state index contributed by atoms with van der Waals surface area (Å²) in [5.74, 6) is 1.02. The number of likely N-dealkylation sites (tertiary alicyclic amines) is 1. The van der Waals surface area contributed by atoms with Gasteiger partial charge in [-0.2, -0.15) is 0 Å². The third-order valence-corrected chi connectivity index (χ3v) is 8.46. The van der Waals surface area contributed by atoms with Crippen molar-refractivity contribution in [2.45, 2.75) is 57.0 Å². The average molecular weight is 603 g/mol. The summed E-state index contributed by atoms with van der Waals surface area (Å²) < 4.78 is 11.4. The molecule has 1 aliphatic rings. The summed E-state index contributed by atoms with van der Waals surface area (Å²) in [4.78, 5) is 42.0. The van der Waals surface area contributed by atoms with Crippen LogP contribution in [-0.4, -0.2) is 51.1 Å². The average Bonchev–Trinajstić information content (AvgIpc) is 3.62. The normalized spacial score (nSPS) is 17.4. The lowest BCUT2D eigenvalue weighted by atomic mass is 9.73. The van der Waals surface area contributed by atoms with Gasteiger partial charge in [-0.3, -0.25) is 9.78 Å². The highest BCUT2D eigenvalue weighted by Crippen LogP contribution is 2.44. The zero-order valence-electron chi connectivity index (χ0n) is 26.1. The van der Waals surface area contributed by atoms with Crippen molar-refractivity contribution < 1.29 is 19.1 Å². The first-order chi connectivity index (χ1) is 21.7. The summed E-state index contributed by atoms with van der Waals surface area (Å²) in [5.41, 5.74) is 3.63. The SMILES string of the molecule is COc1ccc(C2(Cc3ccncc3)CCN(C(=O)OC(C)(C)C)C2=O)c2[nH]c(C(Cc3ccccc3)c3ccccc3)nc12. The van der Waals surface area contributed by atoms with Crippen molar-refractivity contribution >= 4 is 23.0 Å². The molecule has 0 spiro atoms. The van der Waals surface area contributed by atoms with Gasteiger partial charge in [-0.1, -0.05) is 66.7 Å². The highest BCUT2D eigenvalue weighted by molar-refractivity contribution is 6.03. The minimum absolute atomic E-state index is 0.0766. The van der Waals surface area contributed by atoms with Crippen molar-refractivity contribution in [3.8, 4) is 5.75 Å². The number of benzene rings is 3. The van der Waals surface area contributed by atoms with Crippen molar-refractivity contribution in [3.05, 3.63) is 125 Å². The highest BCUT2D eigenvalue weighted by atomic mass is 16.6. The number of methoxy groups -OCH3 is 1. The van der Waals surface area contributed by atoms with E-state index in [0.29, 0.717) is 24.1 Å². The fourth-order valence-electron chi connectivity index (χ4n) is 6.34. The summed E-state index contributed by atoms with van der Waals surface area (Å²) in [6.07, 6.45) is 4.35. The Kier molecular flexibility index (Phi) is 8.14. The molecule has 0 radical (unpaired) electrons. The van der Waals surface area contributed by atoms with Crippen LogP contribution in [0, 0.1) is 0 Å². The number of H-pyrrole nitrogens is 1. The molecule has 0 saturated carbocycles. The van der Waals surface area contributed by atoms with Gasteiger partial charge in [0.05, 0.1) is 18.0 Å². The van der Waals surface area contributed by atoms with E-state index in [0.717, 1.165) is 34.5 Å². The molecule has 2 unspecified atom stereocenters. The number of fused-ring (bicyclic) bond motifs is 1. The number of carbonyl (C=O) groups excluding carboxylic acids is 2. The molecule has 2 amide bonds. The van der Waals surface area contributed by atoms with Gasteiger partial charge in [0.2, 0.25) is 5.91 Å². The van der Waals surface area contributed by atoms with E-state index in [1.165, 1.54) is 10.5 Å².